The Morgan fingerprint density at radius 1 is 1.09 bits per heavy atom. The molecule has 1 amide bonds. The summed E-state index contributed by atoms with van der Waals surface area (Å²) < 4.78 is 46.6. The van der Waals surface area contributed by atoms with Gasteiger partial charge in [-0.15, -0.1) is 0 Å². The van der Waals surface area contributed by atoms with Gasteiger partial charge in [-0.05, 0) is 50.2 Å². The largest absolute Gasteiger partial charge is 0.492 e. The summed E-state index contributed by atoms with van der Waals surface area (Å²) in [5, 5.41) is 0. The number of carbonyl (C=O) groups is 1. The van der Waals surface area contributed by atoms with E-state index >= 15 is 0 Å². The number of carbonyl (C=O) groups excluding carboxylic acids is 1. The van der Waals surface area contributed by atoms with Gasteiger partial charge in [0.15, 0.2) is 4.80 Å². The number of rotatable bonds is 9. The van der Waals surface area contributed by atoms with Gasteiger partial charge in [-0.1, -0.05) is 17.4 Å². The maximum Gasteiger partial charge on any atom is 0.279 e. The van der Waals surface area contributed by atoms with E-state index in [9.17, 15) is 13.2 Å². The monoisotopic (exact) mass is 519 g/mol. The molecular formula is C24H29N3O6S2. The fourth-order valence-corrected chi connectivity index (χ4v) is 6.30. The number of ether oxygens (including phenoxy) is 3. The third-order valence-electron chi connectivity index (χ3n) is 5.53. The van der Waals surface area contributed by atoms with Gasteiger partial charge in [0, 0.05) is 31.8 Å². The number of hydrogen-bond acceptors (Lipinski definition) is 7. The van der Waals surface area contributed by atoms with Crippen LogP contribution in [0.1, 0.15) is 24.2 Å². The normalized spacial score (nSPS) is 15.5. The molecule has 0 bridgehead atoms. The smallest absolute Gasteiger partial charge is 0.279 e. The minimum absolute atomic E-state index is 0.144. The van der Waals surface area contributed by atoms with Gasteiger partial charge in [0.25, 0.3) is 5.91 Å². The Kier molecular flexibility index (Phi) is 8.34. The van der Waals surface area contributed by atoms with E-state index < -0.39 is 15.9 Å². The van der Waals surface area contributed by atoms with Crippen molar-refractivity contribution in [1.29, 1.82) is 0 Å². The molecule has 188 valence electrons. The molecule has 35 heavy (non-hydrogen) atoms. The lowest BCUT2D eigenvalue weighted by atomic mass is 10.2. The van der Waals surface area contributed by atoms with E-state index in [2.05, 4.69) is 4.99 Å². The van der Waals surface area contributed by atoms with Crippen LogP contribution >= 0.6 is 11.3 Å². The van der Waals surface area contributed by atoms with Crippen LogP contribution in [0.5, 0.6) is 5.75 Å². The summed E-state index contributed by atoms with van der Waals surface area (Å²) in [6.07, 6.45) is 0. The number of aromatic nitrogens is 1. The summed E-state index contributed by atoms with van der Waals surface area (Å²) in [6, 6.07) is 11.7. The minimum atomic E-state index is -3.63. The number of morpholine rings is 1. The molecule has 11 heteroatoms. The third kappa shape index (κ3) is 5.65. The highest BCUT2D eigenvalue weighted by Gasteiger charge is 2.26. The molecule has 1 aliphatic heterocycles. The first-order chi connectivity index (χ1) is 17.0. The summed E-state index contributed by atoms with van der Waals surface area (Å²) in [5.74, 6) is 0.277. The van der Waals surface area contributed by atoms with Crippen LogP contribution in [0.25, 0.3) is 10.2 Å². The first kappa shape index (κ1) is 25.5. The molecule has 0 spiro atoms. The van der Waals surface area contributed by atoms with Crippen LogP contribution in [0.4, 0.5) is 0 Å². The standard InChI is InChI=1S/C24H29N3O6S2/c1-3-31-17-14-27-22-20(33-4-2)6-5-7-21(22)34-24(27)25-23(28)18-8-10-19(11-9-18)35(29,30)26-12-15-32-16-13-26/h5-11H,3-4,12-17H2,1-2H3. The van der Waals surface area contributed by atoms with Crippen LogP contribution in [-0.2, 0) is 26.0 Å². The van der Waals surface area contributed by atoms with Crippen LogP contribution in [0.3, 0.4) is 0 Å². The topological polar surface area (TPSA) is 99.4 Å². The molecule has 0 saturated carbocycles. The molecule has 4 rings (SSSR count). The van der Waals surface area contributed by atoms with E-state index in [1.807, 2.05) is 36.6 Å². The first-order valence-corrected chi connectivity index (χ1v) is 13.8. The fourth-order valence-electron chi connectivity index (χ4n) is 3.82. The van der Waals surface area contributed by atoms with Gasteiger partial charge in [-0.25, -0.2) is 8.42 Å². The van der Waals surface area contributed by atoms with E-state index in [-0.39, 0.29) is 4.90 Å². The van der Waals surface area contributed by atoms with Gasteiger partial charge in [-0.2, -0.15) is 9.30 Å². The van der Waals surface area contributed by atoms with Gasteiger partial charge in [-0.3, -0.25) is 4.79 Å². The molecule has 1 saturated heterocycles. The zero-order valence-corrected chi connectivity index (χ0v) is 21.4. The van der Waals surface area contributed by atoms with Crippen LogP contribution < -0.4 is 9.54 Å². The number of hydrogen-bond donors (Lipinski definition) is 0. The van der Waals surface area contributed by atoms with Gasteiger partial charge in [0.1, 0.15) is 11.3 Å². The molecule has 0 atom stereocenters. The molecule has 1 aromatic heterocycles. The number of fused-ring (bicyclic) bond motifs is 1. The van der Waals surface area contributed by atoms with Crippen LogP contribution in [-0.4, -0.2) is 69.3 Å². The SMILES string of the molecule is CCOCCn1c(=NC(=O)c2ccc(S(=O)(=O)N3CCOCC3)cc2)sc2cccc(OCC)c21. The predicted octanol–water partition coefficient (Wildman–Crippen LogP) is 2.90. The second kappa shape index (κ2) is 11.4. The van der Waals surface area contributed by atoms with Crippen LogP contribution in [0.2, 0.25) is 0 Å². The van der Waals surface area contributed by atoms with Crippen molar-refractivity contribution in [1.82, 2.24) is 8.87 Å². The molecule has 2 heterocycles. The number of sulfonamides is 1. The highest BCUT2D eigenvalue weighted by molar-refractivity contribution is 7.89. The first-order valence-electron chi connectivity index (χ1n) is 11.6. The zero-order chi connectivity index (χ0) is 24.8. The van der Waals surface area contributed by atoms with E-state index in [0.29, 0.717) is 63.0 Å². The molecule has 0 aliphatic carbocycles. The van der Waals surface area contributed by atoms with Gasteiger partial charge in [0.05, 0.1) is 36.0 Å². The van der Waals surface area contributed by atoms with Crippen molar-refractivity contribution in [2.24, 2.45) is 4.99 Å². The Labute approximate surface area is 208 Å². The van der Waals surface area contributed by atoms with Crippen LogP contribution in [0, 0.1) is 0 Å². The van der Waals surface area contributed by atoms with E-state index in [0.717, 1.165) is 16.0 Å². The average Bonchev–Trinajstić information content (AvgIpc) is 3.22. The second-order valence-corrected chi connectivity index (χ2v) is 10.7. The Balaban J connectivity index is 1.66. The fraction of sp³-hybridized carbons (Fsp3) is 0.417. The highest BCUT2D eigenvalue weighted by atomic mass is 32.2. The minimum Gasteiger partial charge on any atom is -0.492 e. The van der Waals surface area contributed by atoms with Gasteiger partial charge >= 0.3 is 0 Å². The summed E-state index contributed by atoms with van der Waals surface area (Å²) in [6.45, 7) is 7.33. The third-order valence-corrected chi connectivity index (χ3v) is 8.49. The quantitative estimate of drug-likeness (QED) is 0.403. The highest BCUT2D eigenvalue weighted by Crippen LogP contribution is 2.28. The molecule has 3 aromatic rings. The van der Waals surface area contributed by atoms with E-state index in [1.165, 1.54) is 39.9 Å². The molecule has 2 aromatic carbocycles. The Morgan fingerprint density at radius 2 is 1.83 bits per heavy atom. The van der Waals surface area contributed by atoms with E-state index in [1.54, 1.807) is 0 Å². The lowest BCUT2D eigenvalue weighted by Gasteiger charge is -2.26. The summed E-state index contributed by atoms with van der Waals surface area (Å²) in [5.41, 5.74) is 1.18. The molecular weight excluding hydrogens is 490 g/mol. The number of benzene rings is 2. The zero-order valence-electron chi connectivity index (χ0n) is 19.8. The van der Waals surface area contributed by atoms with Crippen molar-refractivity contribution in [2.45, 2.75) is 25.3 Å². The maximum absolute atomic E-state index is 13.0. The van der Waals surface area contributed by atoms with Crippen molar-refractivity contribution in [2.75, 3.05) is 46.1 Å². The van der Waals surface area contributed by atoms with Crippen LogP contribution in [0.15, 0.2) is 52.4 Å². The lowest BCUT2D eigenvalue weighted by molar-refractivity contribution is 0.0730. The maximum atomic E-state index is 13.0. The van der Waals surface area contributed by atoms with Crippen molar-refractivity contribution < 1.29 is 27.4 Å². The summed E-state index contributed by atoms with van der Waals surface area (Å²) in [7, 11) is -3.63. The van der Waals surface area contributed by atoms with E-state index in [4.69, 9.17) is 14.2 Å². The number of para-hydroxylation sites is 1. The van der Waals surface area contributed by atoms with Crippen molar-refractivity contribution >= 4 is 37.5 Å². The van der Waals surface area contributed by atoms with Crippen molar-refractivity contribution in [3.05, 3.63) is 52.8 Å². The summed E-state index contributed by atoms with van der Waals surface area (Å²) in [4.78, 5) is 18.1. The van der Waals surface area contributed by atoms with Gasteiger partial charge < -0.3 is 18.8 Å². The van der Waals surface area contributed by atoms with Crippen molar-refractivity contribution in [3.8, 4) is 5.75 Å². The lowest BCUT2D eigenvalue weighted by Crippen LogP contribution is -2.40. The molecule has 1 aliphatic rings. The molecule has 0 unspecified atom stereocenters. The Morgan fingerprint density at radius 3 is 2.51 bits per heavy atom. The molecule has 0 radical (unpaired) electrons. The number of thiazole rings is 1. The van der Waals surface area contributed by atoms with Gasteiger partial charge in [0.2, 0.25) is 10.0 Å². The molecule has 9 nitrogen and oxygen atoms in total. The Bertz CT molecular complexity index is 1340. The predicted molar refractivity (Wildman–Crippen MR) is 133 cm³/mol. The Hall–Kier alpha value is -2.57. The van der Waals surface area contributed by atoms with Crippen molar-refractivity contribution in [3.63, 3.8) is 0 Å². The summed E-state index contributed by atoms with van der Waals surface area (Å²) >= 11 is 1.40. The number of nitrogens with zero attached hydrogens (tertiary/aromatic N) is 3. The number of amides is 1. The molecule has 1 fully saturated rings. The average molecular weight is 520 g/mol. The second-order valence-electron chi connectivity index (χ2n) is 7.73. The molecule has 0 N–H and O–H groups in total.